The maximum atomic E-state index is 12.8. The van der Waals surface area contributed by atoms with E-state index in [1.807, 2.05) is 6.92 Å². The molecule has 3 aromatic heterocycles. The molecule has 0 aliphatic heterocycles. The molecule has 3 heterocycles. The van der Waals surface area contributed by atoms with Crippen LogP contribution in [0.25, 0.3) is 5.52 Å². The summed E-state index contributed by atoms with van der Waals surface area (Å²) in [5.41, 5.74) is 1.54. The zero-order valence-electron chi connectivity index (χ0n) is 15.9. The molecule has 0 aliphatic rings. The van der Waals surface area contributed by atoms with Crippen LogP contribution in [0.3, 0.4) is 0 Å². The van der Waals surface area contributed by atoms with Crippen LogP contribution in [0.15, 0.2) is 39.9 Å². The molecule has 4 rings (SSSR count). The highest BCUT2D eigenvalue weighted by Gasteiger charge is 2.17. The fourth-order valence-corrected chi connectivity index (χ4v) is 3.27. The predicted octanol–water partition coefficient (Wildman–Crippen LogP) is 2.12. The summed E-state index contributed by atoms with van der Waals surface area (Å²) in [6, 6.07) is 6.90. The summed E-state index contributed by atoms with van der Waals surface area (Å²) in [5.74, 6) is 1.33. The van der Waals surface area contributed by atoms with Gasteiger partial charge in [-0.3, -0.25) is 9.36 Å². The van der Waals surface area contributed by atoms with E-state index in [-0.39, 0.29) is 24.4 Å². The van der Waals surface area contributed by atoms with E-state index in [1.54, 1.807) is 35.7 Å². The van der Waals surface area contributed by atoms with E-state index >= 15 is 0 Å². The summed E-state index contributed by atoms with van der Waals surface area (Å²) >= 11 is 5.87. The van der Waals surface area contributed by atoms with Crippen molar-refractivity contribution in [2.45, 2.75) is 39.3 Å². The number of aryl methyl sites for hydroxylation is 2. The average molecular weight is 415 g/mol. The maximum absolute atomic E-state index is 12.8. The van der Waals surface area contributed by atoms with Crippen LogP contribution < -0.4 is 5.56 Å². The van der Waals surface area contributed by atoms with Crippen molar-refractivity contribution in [3.8, 4) is 0 Å². The number of nitrogens with zero attached hydrogens (tertiary/aromatic N) is 6. The second-order valence-electron chi connectivity index (χ2n) is 6.67. The highest BCUT2D eigenvalue weighted by Crippen LogP contribution is 2.19. The molecule has 1 unspecified atom stereocenters. The van der Waals surface area contributed by atoms with Gasteiger partial charge in [0, 0.05) is 17.9 Å². The Kier molecular flexibility index (Phi) is 5.16. The van der Waals surface area contributed by atoms with E-state index in [4.69, 9.17) is 16.1 Å². The third-order valence-electron chi connectivity index (χ3n) is 4.63. The molecule has 10 heteroatoms. The number of hydrogen-bond donors (Lipinski definition) is 1. The summed E-state index contributed by atoms with van der Waals surface area (Å²) in [7, 11) is 0. The first-order valence-corrected chi connectivity index (χ1v) is 9.52. The van der Waals surface area contributed by atoms with Gasteiger partial charge < -0.3 is 9.63 Å². The summed E-state index contributed by atoms with van der Waals surface area (Å²) in [5, 5.41) is 19.1. The fourth-order valence-electron chi connectivity index (χ4n) is 3.15. The van der Waals surface area contributed by atoms with E-state index in [1.165, 1.54) is 10.9 Å². The van der Waals surface area contributed by atoms with Gasteiger partial charge >= 0.3 is 0 Å². The molecule has 0 spiro atoms. The third kappa shape index (κ3) is 3.79. The monoisotopic (exact) mass is 414 g/mol. The Balaban J connectivity index is 1.53. The van der Waals surface area contributed by atoms with Gasteiger partial charge in [0.05, 0.1) is 11.8 Å². The standard InChI is InChI=1S/C19H19ClN6O3/c1-3-16-22-11(2)18-19(28)25(10-21-26(16)18)9-17-23-15(24-29-17)8-14(27)12-4-6-13(20)7-5-12/h4-7,10,14,27H,3,8-9H2,1-2H3. The predicted molar refractivity (Wildman–Crippen MR) is 105 cm³/mol. The van der Waals surface area contributed by atoms with Crippen LogP contribution in [-0.2, 0) is 19.4 Å². The number of benzene rings is 1. The second-order valence-corrected chi connectivity index (χ2v) is 7.10. The lowest BCUT2D eigenvalue weighted by molar-refractivity contribution is 0.174. The van der Waals surface area contributed by atoms with Gasteiger partial charge in [0.25, 0.3) is 5.56 Å². The Bertz CT molecular complexity index is 1210. The van der Waals surface area contributed by atoms with Crippen LogP contribution in [0.4, 0.5) is 0 Å². The first-order valence-electron chi connectivity index (χ1n) is 9.15. The van der Waals surface area contributed by atoms with Crippen LogP contribution in [0.5, 0.6) is 0 Å². The Hall–Kier alpha value is -3.04. The Labute approximate surface area is 170 Å². The smallest absolute Gasteiger partial charge is 0.280 e. The molecule has 1 N–H and O–H groups in total. The van der Waals surface area contributed by atoms with Gasteiger partial charge in [-0.05, 0) is 24.6 Å². The molecule has 1 atom stereocenters. The average Bonchev–Trinajstić information content (AvgIpc) is 3.28. The second kappa shape index (κ2) is 7.76. The highest BCUT2D eigenvalue weighted by molar-refractivity contribution is 6.30. The quantitative estimate of drug-likeness (QED) is 0.514. The first kappa shape index (κ1) is 19.3. The van der Waals surface area contributed by atoms with Crippen molar-refractivity contribution in [1.82, 2.24) is 29.3 Å². The lowest BCUT2D eigenvalue weighted by atomic mass is 10.1. The van der Waals surface area contributed by atoms with Crippen molar-refractivity contribution in [2.75, 3.05) is 0 Å². The zero-order valence-corrected chi connectivity index (χ0v) is 16.7. The molecule has 0 aliphatic carbocycles. The van der Waals surface area contributed by atoms with Gasteiger partial charge in [-0.25, -0.2) is 9.50 Å². The number of aliphatic hydroxyl groups is 1. The van der Waals surface area contributed by atoms with Crippen molar-refractivity contribution in [2.24, 2.45) is 0 Å². The van der Waals surface area contributed by atoms with Gasteiger partial charge in [-0.2, -0.15) is 10.1 Å². The lowest BCUT2D eigenvalue weighted by Gasteiger charge is -2.08. The maximum Gasteiger partial charge on any atom is 0.280 e. The lowest BCUT2D eigenvalue weighted by Crippen LogP contribution is -2.24. The van der Waals surface area contributed by atoms with Crippen LogP contribution >= 0.6 is 11.6 Å². The number of rotatable bonds is 6. The van der Waals surface area contributed by atoms with Crippen LogP contribution in [0, 0.1) is 6.92 Å². The largest absolute Gasteiger partial charge is 0.388 e. The van der Waals surface area contributed by atoms with Gasteiger partial charge in [0.1, 0.15) is 18.7 Å². The molecule has 29 heavy (non-hydrogen) atoms. The third-order valence-corrected chi connectivity index (χ3v) is 4.88. The highest BCUT2D eigenvalue weighted by atomic mass is 35.5. The van der Waals surface area contributed by atoms with E-state index in [0.717, 1.165) is 5.82 Å². The molecule has 9 nitrogen and oxygen atoms in total. The van der Waals surface area contributed by atoms with Gasteiger partial charge in [0.2, 0.25) is 5.89 Å². The SMILES string of the molecule is CCc1nc(C)c2c(=O)n(Cc3nc(CC(O)c4ccc(Cl)cc4)no3)cnn12. The Morgan fingerprint density at radius 3 is 2.72 bits per heavy atom. The summed E-state index contributed by atoms with van der Waals surface area (Å²) in [4.78, 5) is 21.5. The van der Waals surface area contributed by atoms with Crippen molar-refractivity contribution in [3.05, 3.63) is 74.8 Å². The van der Waals surface area contributed by atoms with Gasteiger partial charge in [0.15, 0.2) is 11.3 Å². The van der Waals surface area contributed by atoms with Crippen molar-refractivity contribution < 1.29 is 9.63 Å². The summed E-state index contributed by atoms with van der Waals surface area (Å²) < 4.78 is 8.21. The summed E-state index contributed by atoms with van der Waals surface area (Å²) in [6.45, 7) is 3.82. The fraction of sp³-hybridized carbons (Fsp3) is 0.316. The van der Waals surface area contributed by atoms with Crippen molar-refractivity contribution in [3.63, 3.8) is 0 Å². The van der Waals surface area contributed by atoms with Gasteiger partial charge in [-0.15, -0.1) is 0 Å². The molecule has 0 saturated carbocycles. The number of hydrogen-bond acceptors (Lipinski definition) is 7. The molecular weight excluding hydrogens is 396 g/mol. The zero-order chi connectivity index (χ0) is 20.5. The number of halogens is 1. The Morgan fingerprint density at radius 2 is 2.00 bits per heavy atom. The minimum Gasteiger partial charge on any atom is -0.388 e. The minimum absolute atomic E-state index is 0.0818. The number of imidazole rings is 1. The number of fused-ring (bicyclic) bond motifs is 1. The minimum atomic E-state index is -0.791. The number of aromatic nitrogens is 6. The molecule has 150 valence electrons. The molecular formula is C19H19ClN6O3. The van der Waals surface area contributed by atoms with Crippen molar-refractivity contribution in [1.29, 1.82) is 0 Å². The van der Waals surface area contributed by atoms with E-state index < -0.39 is 6.10 Å². The van der Waals surface area contributed by atoms with Crippen molar-refractivity contribution >= 4 is 17.1 Å². The molecule has 0 bridgehead atoms. The molecule has 0 amide bonds. The van der Waals surface area contributed by atoms with Crippen LogP contribution in [-0.4, -0.2) is 34.4 Å². The normalized spacial score (nSPS) is 12.6. The topological polar surface area (TPSA) is 111 Å². The van der Waals surface area contributed by atoms with Gasteiger partial charge in [-0.1, -0.05) is 35.8 Å². The van der Waals surface area contributed by atoms with E-state index in [0.29, 0.717) is 34.0 Å². The number of aliphatic hydroxyl groups excluding tert-OH is 1. The molecule has 1 aromatic carbocycles. The molecule has 0 fully saturated rings. The van der Waals surface area contributed by atoms with E-state index in [9.17, 15) is 9.90 Å². The Morgan fingerprint density at radius 1 is 1.24 bits per heavy atom. The van der Waals surface area contributed by atoms with Crippen LogP contribution in [0.1, 0.15) is 41.8 Å². The summed E-state index contributed by atoms with van der Waals surface area (Å²) in [6.07, 6.45) is 1.50. The first-order chi connectivity index (χ1) is 14.0. The molecule has 0 saturated heterocycles. The van der Waals surface area contributed by atoms with Crippen LogP contribution in [0.2, 0.25) is 5.02 Å². The van der Waals surface area contributed by atoms with E-state index in [2.05, 4.69) is 20.2 Å². The molecule has 4 aromatic rings. The molecule has 0 radical (unpaired) electrons.